The predicted octanol–water partition coefficient (Wildman–Crippen LogP) is 6.43. The maximum absolute atomic E-state index is 14.0. The van der Waals surface area contributed by atoms with Crippen molar-refractivity contribution in [1.29, 1.82) is 0 Å². The molecule has 2 atom stereocenters. The topological polar surface area (TPSA) is 32.3 Å². The zero-order chi connectivity index (χ0) is 22.8. The Labute approximate surface area is 200 Å². The van der Waals surface area contributed by atoms with Gasteiger partial charge in [-0.3, -0.25) is 9.69 Å². The largest absolute Gasteiger partial charge is 0.380 e. The van der Waals surface area contributed by atoms with Crippen LogP contribution in [0, 0.1) is 19.8 Å². The van der Waals surface area contributed by atoms with Crippen molar-refractivity contribution in [2.24, 2.45) is 5.92 Å². The quantitative estimate of drug-likeness (QED) is 0.577. The lowest BCUT2D eigenvalue weighted by atomic mass is 9.78. The first-order valence-electron chi connectivity index (χ1n) is 13.3. The van der Waals surface area contributed by atoms with E-state index in [1.165, 1.54) is 47.2 Å². The summed E-state index contributed by atoms with van der Waals surface area (Å²) in [5, 5.41) is 3.81. The van der Waals surface area contributed by atoms with Gasteiger partial charge in [0.1, 0.15) is 0 Å². The third-order valence-electron chi connectivity index (χ3n) is 8.56. The molecule has 176 valence electrons. The fourth-order valence-corrected chi connectivity index (χ4v) is 6.65. The highest BCUT2D eigenvalue weighted by Crippen LogP contribution is 2.36. The minimum atomic E-state index is 0.0148. The van der Waals surface area contributed by atoms with E-state index in [0.29, 0.717) is 11.7 Å². The molecule has 2 heterocycles. The van der Waals surface area contributed by atoms with Gasteiger partial charge in [-0.2, -0.15) is 0 Å². The predicted molar refractivity (Wildman–Crippen MR) is 137 cm³/mol. The Balaban J connectivity index is 1.35. The van der Waals surface area contributed by atoms with Crippen molar-refractivity contribution in [3.05, 3.63) is 64.7 Å². The first kappa shape index (κ1) is 22.7. The molecule has 2 fully saturated rings. The van der Waals surface area contributed by atoms with Crippen molar-refractivity contribution >= 4 is 11.5 Å². The number of rotatable bonds is 5. The first-order valence-corrected chi connectivity index (χ1v) is 13.3. The lowest BCUT2D eigenvalue weighted by Crippen LogP contribution is -2.56. The minimum absolute atomic E-state index is 0.0148. The van der Waals surface area contributed by atoms with Crippen molar-refractivity contribution in [1.82, 2.24) is 4.90 Å². The van der Waals surface area contributed by atoms with Crippen molar-refractivity contribution in [3.8, 4) is 0 Å². The number of likely N-dealkylation sites (tertiary alicyclic amines) is 1. The average Bonchev–Trinajstić information content (AvgIpc) is 2.86. The van der Waals surface area contributed by atoms with Gasteiger partial charge in [-0.25, -0.2) is 0 Å². The molecule has 1 N–H and O–H groups in total. The molecule has 0 aromatic heterocycles. The van der Waals surface area contributed by atoms with E-state index in [2.05, 4.69) is 66.5 Å². The number of hydrogen-bond acceptors (Lipinski definition) is 3. The van der Waals surface area contributed by atoms with Gasteiger partial charge in [-0.15, -0.1) is 0 Å². The molecule has 0 bridgehead atoms. The van der Waals surface area contributed by atoms with Gasteiger partial charge in [-0.05, 0) is 94.1 Å². The number of carbonyl (C=O) groups is 1. The number of benzene rings is 2. The molecule has 1 aliphatic carbocycles. The summed E-state index contributed by atoms with van der Waals surface area (Å²) in [6.45, 7) is 6.51. The second kappa shape index (κ2) is 10.0. The van der Waals surface area contributed by atoms with Crippen LogP contribution in [0.25, 0.3) is 0 Å². The highest BCUT2D eigenvalue weighted by molar-refractivity contribution is 5.88. The van der Waals surface area contributed by atoms with Crippen LogP contribution >= 0.6 is 0 Å². The lowest BCUT2D eigenvalue weighted by Gasteiger charge is -2.44. The van der Waals surface area contributed by atoms with Crippen molar-refractivity contribution in [3.63, 3.8) is 0 Å². The molecule has 2 aliphatic heterocycles. The second-order valence-corrected chi connectivity index (χ2v) is 10.8. The van der Waals surface area contributed by atoms with Crippen molar-refractivity contribution in [2.45, 2.75) is 89.6 Å². The van der Waals surface area contributed by atoms with Crippen LogP contribution in [0.5, 0.6) is 0 Å². The van der Waals surface area contributed by atoms with Gasteiger partial charge in [0.25, 0.3) is 0 Å². The molecule has 5 rings (SSSR count). The number of piperidine rings is 1. The average molecular weight is 445 g/mol. The normalized spacial score (nSPS) is 23.5. The van der Waals surface area contributed by atoms with E-state index < -0.39 is 0 Å². The Morgan fingerprint density at radius 2 is 1.70 bits per heavy atom. The number of hydrogen-bond donors (Lipinski definition) is 1. The zero-order valence-corrected chi connectivity index (χ0v) is 20.5. The molecule has 0 spiro atoms. The molecule has 1 saturated heterocycles. The van der Waals surface area contributed by atoms with E-state index in [1.807, 2.05) is 0 Å². The molecule has 1 saturated carbocycles. The smallest absolute Gasteiger partial charge is 0.155 e. The number of Topliss-reactive ketones (excluding diaryl/α,β-unsaturated/α-hetero) is 1. The molecular weight excluding hydrogens is 404 g/mol. The summed E-state index contributed by atoms with van der Waals surface area (Å²) in [4.78, 5) is 16.5. The number of carbonyl (C=O) groups excluding carboxylic acids is 1. The molecule has 3 nitrogen and oxygen atoms in total. The van der Waals surface area contributed by atoms with Gasteiger partial charge >= 0.3 is 0 Å². The standard InChI is InChI=1S/C30H40N2O/c1-21-12-13-22(2)26(20-21)23-16-18-32(19-17-23)29(30(33)25-9-4-3-5-10-25)28-15-14-24-8-6-7-11-27(24)31-28/h6-8,11-13,20,23,25,28-29,31H,3-5,9-10,14-19H2,1-2H3. The number of para-hydroxylation sites is 1. The molecule has 3 aliphatic rings. The third-order valence-corrected chi connectivity index (χ3v) is 8.56. The molecule has 2 aromatic rings. The monoisotopic (exact) mass is 444 g/mol. The van der Waals surface area contributed by atoms with E-state index in [4.69, 9.17) is 0 Å². The van der Waals surface area contributed by atoms with Crippen LogP contribution < -0.4 is 5.32 Å². The summed E-state index contributed by atoms with van der Waals surface area (Å²) in [6.07, 6.45) is 10.4. The Kier molecular flexibility index (Phi) is 6.87. The summed E-state index contributed by atoms with van der Waals surface area (Å²) < 4.78 is 0. The van der Waals surface area contributed by atoms with Gasteiger partial charge in [0.15, 0.2) is 5.78 Å². The summed E-state index contributed by atoms with van der Waals surface area (Å²) in [5.74, 6) is 1.41. The zero-order valence-electron chi connectivity index (χ0n) is 20.5. The van der Waals surface area contributed by atoms with Gasteiger partial charge in [0.05, 0.1) is 6.04 Å². The maximum atomic E-state index is 14.0. The van der Waals surface area contributed by atoms with Crippen LogP contribution in [-0.4, -0.2) is 35.9 Å². The Bertz CT molecular complexity index is 969. The minimum Gasteiger partial charge on any atom is -0.380 e. The van der Waals surface area contributed by atoms with Gasteiger partial charge in [0.2, 0.25) is 0 Å². The number of nitrogens with one attached hydrogen (secondary N) is 1. The fourth-order valence-electron chi connectivity index (χ4n) is 6.65. The maximum Gasteiger partial charge on any atom is 0.155 e. The molecule has 2 aromatic carbocycles. The number of fused-ring (bicyclic) bond motifs is 1. The van der Waals surface area contributed by atoms with Gasteiger partial charge < -0.3 is 5.32 Å². The van der Waals surface area contributed by atoms with Crippen molar-refractivity contribution in [2.75, 3.05) is 18.4 Å². The summed E-state index contributed by atoms with van der Waals surface area (Å²) in [5.41, 5.74) is 6.93. The highest BCUT2D eigenvalue weighted by Gasteiger charge is 2.40. The molecule has 33 heavy (non-hydrogen) atoms. The molecule has 0 radical (unpaired) electrons. The van der Waals surface area contributed by atoms with Gasteiger partial charge in [-0.1, -0.05) is 61.2 Å². The van der Waals surface area contributed by atoms with E-state index in [-0.39, 0.29) is 18.0 Å². The second-order valence-electron chi connectivity index (χ2n) is 10.8. The summed E-state index contributed by atoms with van der Waals surface area (Å²) in [7, 11) is 0. The van der Waals surface area contributed by atoms with Crippen LogP contribution in [0.2, 0.25) is 0 Å². The van der Waals surface area contributed by atoms with Crippen LogP contribution in [0.15, 0.2) is 42.5 Å². The Hall–Kier alpha value is -2.13. The molecule has 2 unspecified atom stereocenters. The van der Waals surface area contributed by atoms with Gasteiger partial charge in [0, 0.05) is 17.6 Å². The van der Waals surface area contributed by atoms with Crippen LogP contribution in [0.4, 0.5) is 5.69 Å². The van der Waals surface area contributed by atoms with Crippen LogP contribution in [-0.2, 0) is 11.2 Å². The Morgan fingerprint density at radius 3 is 2.48 bits per heavy atom. The number of anilines is 1. The van der Waals surface area contributed by atoms with Crippen molar-refractivity contribution < 1.29 is 4.79 Å². The summed E-state index contributed by atoms with van der Waals surface area (Å²) >= 11 is 0. The molecular formula is C30H40N2O. The van der Waals surface area contributed by atoms with Crippen LogP contribution in [0.3, 0.4) is 0 Å². The Morgan fingerprint density at radius 1 is 0.939 bits per heavy atom. The SMILES string of the molecule is Cc1ccc(C)c(C2CCN(C(C(=O)C3CCCCC3)C3CCc4ccccc4N3)CC2)c1. The third kappa shape index (κ3) is 4.89. The summed E-state index contributed by atoms with van der Waals surface area (Å²) in [6, 6.07) is 15.8. The first-order chi connectivity index (χ1) is 16.1. The van der Waals surface area contributed by atoms with Crippen LogP contribution in [0.1, 0.15) is 79.5 Å². The molecule has 3 heteroatoms. The number of nitrogens with zero attached hydrogens (tertiary/aromatic N) is 1. The fraction of sp³-hybridized carbons (Fsp3) is 0.567. The lowest BCUT2D eigenvalue weighted by molar-refractivity contribution is -0.130. The molecule has 0 amide bonds. The van der Waals surface area contributed by atoms with E-state index >= 15 is 0 Å². The van der Waals surface area contributed by atoms with E-state index in [0.717, 1.165) is 51.6 Å². The number of aryl methyl sites for hydroxylation is 3. The number of ketones is 1. The van der Waals surface area contributed by atoms with E-state index in [9.17, 15) is 4.79 Å². The highest BCUT2D eigenvalue weighted by atomic mass is 16.1. The van der Waals surface area contributed by atoms with E-state index in [1.54, 1.807) is 0 Å².